The van der Waals surface area contributed by atoms with Crippen molar-refractivity contribution < 1.29 is 23.7 Å². The van der Waals surface area contributed by atoms with Crippen LogP contribution in [0.3, 0.4) is 0 Å². The zero-order valence-electron chi connectivity index (χ0n) is 11.4. The predicted octanol–water partition coefficient (Wildman–Crippen LogP) is 3.82. The summed E-state index contributed by atoms with van der Waals surface area (Å²) in [6.45, 7) is -0.742. The van der Waals surface area contributed by atoms with Crippen molar-refractivity contribution in [3.8, 4) is 0 Å². The van der Waals surface area contributed by atoms with Crippen molar-refractivity contribution in [3.63, 3.8) is 0 Å². The monoisotopic (exact) mass is 433 g/mol. The van der Waals surface area contributed by atoms with E-state index in [-0.39, 0.29) is 26.6 Å². The van der Waals surface area contributed by atoms with E-state index in [0.29, 0.717) is 5.02 Å². The second kappa shape index (κ2) is 7.59. The van der Waals surface area contributed by atoms with Crippen molar-refractivity contribution in [2.75, 3.05) is 5.32 Å². The Labute approximate surface area is 155 Å². The first-order valence-electron chi connectivity index (χ1n) is 5.97. The number of benzene rings is 1. The minimum atomic E-state index is -4.78. The lowest BCUT2D eigenvalue weighted by Crippen LogP contribution is -2.19. The summed E-state index contributed by atoms with van der Waals surface area (Å²) in [6.07, 6.45) is 0. The van der Waals surface area contributed by atoms with E-state index >= 15 is 0 Å². The molecule has 0 aliphatic heterocycles. The number of nitrogens with zero attached hydrogens (tertiary/aromatic N) is 2. The van der Waals surface area contributed by atoms with Crippen molar-refractivity contribution in [2.24, 2.45) is 0 Å². The number of amides is 1. The number of phosphoric ester groups is 1. The molecule has 1 heterocycles. The summed E-state index contributed by atoms with van der Waals surface area (Å²) in [4.78, 5) is 29.8. The second-order valence-corrected chi connectivity index (χ2v) is 7.10. The van der Waals surface area contributed by atoms with Gasteiger partial charge in [-0.05, 0) is 18.2 Å². The van der Waals surface area contributed by atoms with Crippen LogP contribution in [0.2, 0.25) is 20.2 Å². The molecule has 0 fully saturated rings. The fourth-order valence-electron chi connectivity index (χ4n) is 1.62. The van der Waals surface area contributed by atoms with Crippen LogP contribution in [0.25, 0.3) is 0 Å². The molecule has 0 spiro atoms. The highest BCUT2D eigenvalue weighted by atomic mass is 35.5. The molecule has 1 aromatic heterocycles. The molecule has 0 aliphatic carbocycles. The minimum Gasteiger partial charge on any atom is -0.319 e. The predicted molar refractivity (Wildman–Crippen MR) is 89.8 cm³/mol. The normalized spacial score (nSPS) is 11.6. The topological polar surface area (TPSA) is 114 Å². The maximum atomic E-state index is 12.4. The third kappa shape index (κ3) is 4.84. The Morgan fingerprint density at radius 2 is 1.96 bits per heavy atom. The smallest absolute Gasteiger partial charge is 0.319 e. The van der Waals surface area contributed by atoms with Gasteiger partial charge in [-0.2, -0.15) is 5.10 Å². The molecule has 3 N–H and O–H groups in total. The average Bonchev–Trinajstić information content (AvgIpc) is 2.74. The fourth-order valence-corrected chi connectivity index (χ4v) is 2.74. The summed E-state index contributed by atoms with van der Waals surface area (Å²) < 4.78 is 15.9. The van der Waals surface area contributed by atoms with E-state index in [1.54, 1.807) is 0 Å². The van der Waals surface area contributed by atoms with Gasteiger partial charge in [-0.3, -0.25) is 9.32 Å². The summed E-state index contributed by atoms with van der Waals surface area (Å²) >= 11 is 23.4. The zero-order valence-corrected chi connectivity index (χ0v) is 15.3. The highest BCUT2D eigenvalue weighted by molar-refractivity contribution is 7.46. The molecule has 8 nitrogen and oxygen atoms in total. The van der Waals surface area contributed by atoms with Crippen LogP contribution in [0, 0.1) is 0 Å². The number of halogens is 4. The van der Waals surface area contributed by atoms with Crippen LogP contribution in [0.4, 0.5) is 5.69 Å². The molecule has 0 unspecified atom stereocenters. The number of hydrogen-bond acceptors (Lipinski definition) is 4. The van der Waals surface area contributed by atoms with Gasteiger partial charge in [0.05, 0.1) is 10.7 Å². The van der Waals surface area contributed by atoms with Gasteiger partial charge in [0.1, 0.15) is 10.7 Å². The SMILES string of the molecule is O=C(Nc1ccc(Cl)cc1Cl)c1c(Cl)c(Cl)nn1COP(=O)(O)O. The lowest BCUT2D eigenvalue weighted by atomic mass is 10.3. The molecular weight excluding hydrogens is 427 g/mol. The maximum Gasteiger partial charge on any atom is 0.471 e. The van der Waals surface area contributed by atoms with Crippen LogP contribution in [-0.2, 0) is 15.8 Å². The van der Waals surface area contributed by atoms with Crippen LogP contribution in [0.1, 0.15) is 10.5 Å². The van der Waals surface area contributed by atoms with E-state index in [1.165, 1.54) is 18.2 Å². The summed E-state index contributed by atoms with van der Waals surface area (Å²) in [5.74, 6) is -0.766. The molecule has 24 heavy (non-hydrogen) atoms. The van der Waals surface area contributed by atoms with Gasteiger partial charge in [0, 0.05) is 5.02 Å². The first-order valence-corrected chi connectivity index (χ1v) is 9.01. The molecule has 0 radical (unpaired) electrons. The summed E-state index contributed by atoms with van der Waals surface area (Å²) in [7, 11) is -4.78. The number of aromatic nitrogens is 2. The van der Waals surface area contributed by atoms with Crippen LogP contribution in [0.5, 0.6) is 0 Å². The molecule has 0 atom stereocenters. The molecule has 13 heteroatoms. The van der Waals surface area contributed by atoms with Crippen molar-refractivity contribution in [3.05, 3.63) is 44.1 Å². The quantitative estimate of drug-likeness (QED) is 0.616. The number of carbonyl (C=O) groups excluding carboxylic acids is 1. The third-order valence-corrected chi connectivity index (χ3v) is 4.32. The fraction of sp³-hybridized carbons (Fsp3) is 0.0909. The number of nitrogens with one attached hydrogen (secondary N) is 1. The maximum absolute atomic E-state index is 12.4. The number of anilines is 1. The first-order chi connectivity index (χ1) is 11.1. The molecule has 1 amide bonds. The van der Waals surface area contributed by atoms with Crippen molar-refractivity contribution in [2.45, 2.75) is 6.73 Å². The van der Waals surface area contributed by atoms with E-state index in [1.807, 2.05) is 0 Å². The lowest BCUT2D eigenvalue weighted by molar-refractivity contribution is 0.0987. The minimum absolute atomic E-state index is 0.176. The van der Waals surface area contributed by atoms with Crippen molar-refractivity contribution >= 4 is 65.8 Å². The first kappa shape index (κ1) is 19.5. The number of phosphoric acid groups is 1. The summed E-state index contributed by atoms with van der Waals surface area (Å²) in [5, 5.41) is 6.24. The largest absolute Gasteiger partial charge is 0.471 e. The lowest BCUT2D eigenvalue weighted by Gasteiger charge is -2.10. The molecule has 0 saturated carbocycles. The standard InChI is InChI=1S/C11H8Cl4N3O5P/c12-5-1-2-7(6(13)3-5)16-11(19)9-8(14)10(15)17-18(9)4-23-24(20,21)22/h1-3H,4H2,(H,16,19)(H2,20,21,22). The average molecular weight is 435 g/mol. The van der Waals surface area contributed by atoms with Gasteiger partial charge in [-0.25, -0.2) is 9.25 Å². The van der Waals surface area contributed by atoms with Gasteiger partial charge in [0.2, 0.25) is 0 Å². The van der Waals surface area contributed by atoms with E-state index in [9.17, 15) is 9.36 Å². The van der Waals surface area contributed by atoms with Crippen LogP contribution in [0.15, 0.2) is 18.2 Å². The highest BCUT2D eigenvalue weighted by Gasteiger charge is 2.24. The molecule has 0 saturated heterocycles. The van der Waals surface area contributed by atoms with Crippen LogP contribution in [-0.4, -0.2) is 25.5 Å². The molecule has 0 bridgehead atoms. The highest BCUT2D eigenvalue weighted by Crippen LogP contribution is 2.37. The van der Waals surface area contributed by atoms with E-state index in [2.05, 4.69) is 14.9 Å². The Morgan fingerprint density at radius 3 is 2.54 bits per heavy atom. The van der Waals surface area contributed by atoms with Gasteiger partial charge in [0.25, 0.3) is 5.91 Å². The van der Waals surface area contributed by atoms with E-state index in [0.717, 1.165) is 4.68 Å². The van der Waals surface area contributed by atoms with E-state index < -0.39 is 20.5 Å². The molecule has 0 aliphatic rings. The molecular formula is C11H8Cl4N3O5P. The van der Waals surface area contributed by atoms with Crippen LogP contribution < -0.4 is 5.32 Å². The zero-order chi connectivity index (χ0) is 18.1. The number of rotatable bonds is 5. The summed E-state index contributed by atoms with van der Waals surface area (Å²) in [5.41, 5.74) is -0.0250. The van der Waals surface area contributed by atoms with Gasteiger partial charge in [-0.1, -0.05) is 46.4 Å². The van der Waals surface area contributed by atoms with Gasteiger partial charge in [0.15, 0.2) is 11.9 Å². The van der Waals surface area contributed by atoms with Crippen molar-refractivity contribution in [1.82, 2.24) is 9.78 Å². The molecule has 2 aromatic rings. The molecule has 130 valence electrons. The van der Waals surface area contributed by atoms with Crippen molar-refractivity contribution in [1.29, 1.82) is 0 Å². The third-order valence-electron chi connectivity index (χ3n) is 2.60. The Bertz CT molecular complexity index is 837. The molecule has 2 rings (SSSR count). The number of carbonyl (C=O) groups is 1. The Balaban J connectivity index is 2.29. The van der Waals surface area contributed by atoms with E-state index in [4.69, 9.17) is 56.2 Å². The summed E-state index contributed by atoms with van der Waals surface area (Å²) in [6, 6.07) is 4.39. The Hall–Kier alpha value is -0.830. The Morgan fingerprint density at radius 1 is 1.29 bits per heavy atom. The van der Waals surface area contributed by atoms with Gasteiger partial charge >= 0.3 is 7.82 Å². The molecule has 1 aromatic carbocycles. The number of hydrogen-bond donors (Lipinski definition) is 3. The van der Waals surface area contributed by atoms with Crippen LogP contribution >= 0.6 is 54.2 Å². The Kier molecular flexibility index (Phi) is 6.17. The van der Waals surface area contributed by atoms with Gasteiger partial charge < -0.3 is 15.1 Å². The van der Waals surface area contributed by atoms with Gasteiger partial charge in [-0.15, -0.1) is 0 Å². The second-order valence-electron chi connectivity index (χ2n) is 4.28.